The van der Waals surface area contributed by atoms with Gasteiger partial charge in [0.15, 0.2) is 0 Å². The number of amides is 2. The maximum atomic E-state index is 12.7. The predicted octanol–water partition coefficient (Wildman–Crippen LogP) is 1.54. The highest BCUT2D eigenvalue weighted by atomic mass is 16.5. The Bertz CT molecular complexity index is 374. The zero-order valence-electron chi connectivity index (χ0n) is 12.2. The summed E-state index contributed by atoms with van der Waals surface area (Å²) in [4.78, 5) is 27.0. The van der Waals surface area contributed by atoms with Gasteiger partial charge in [-0.3, -0.25) is 4.79 Å². The molecule has 0 spiro atoms. The highest BCUT2D eigenvalue weighted by Gasteiger charge is 2.40. The van der Waals surface area contributed by atoms with Crippen LogP contribution in [0, 0.1) is 0 Å². The number of rotatable bonds is 4. The van der Waals surface area contributed by atoms with Crippen molar-refractivity contribution in [1.29, 1.82) is 0 Å². The van der Waals surface area contributed by atoms with Crippen LogP contribution >= 0.6 is 0 Å². The molecule has 1 aliphatic carbocycles. The van der Waals surface area contributed by atoms with Crippen molar-refractivity contribution in [2.45, 2.75) is 57.7 Å². The third-order valence-corrected chi connectivity index (χ3v) is 4.40. The number of ether oxygens (including phenoxy) is 1. The molecule has 6 heteroatoms. The lowest BCUT2D eigenvalue weighted by atomic mass is 10.1. The zero-order chi connectivity index (χ0) is 14.7. The fraction of sp³-hybridized carbons (Fsp3) is 0.857. The van der Waals surface area contributed by atoms with Crippen LogP contribution in [-0.2, 0) is 9.53 Å². The molecule has 1 aliphatic heterocycles. The standard InChI is InChI=1S/C14H24N2O4/c1-3-10(2)16(9-13(17)18)14(19)15-7-8-20-12-6-4-5-11(12)15/h10-12H,3-9H2,1-2H3,(H,17,18). The molecular weight excluding hydrogens is 260 g/mol. The molecule has 3 atom stereocenters. The van der Waals surface area contributed by atoms with Gasteiger partial charge < -0.3 is 19.6 Å². The van der Waals surface area contributed by atoms with Crippen LogP contribution in [0.25, 0.3) is 0 Å². The number of hydrogen-bond acceptors (Lipinski definition) is 3. The minimum atomic E-state index is -0.963. The number of fused-ring (bicyclic) bond motifs is 1. The minimum absolute atomic E-state index is 0.0682. The molecule has 3 unspecified atom stereocenters. The lowest BCUT2D eigenvalue weighted by molar-refractivity contribution is -0.138. The molecule has 1 saturated heterocycles. The van der Waals surface area contributed by atoms with E-state index >= 15 is 0 Å². The highest BCUT2D eigenvalue weighted by molar-refractivity contribution is 5.80. The number of nitrogens with zero attached hydrogens (tertiary/aromatic N) is 2. The van der Waals surface area contributed by atoms with Gasteiger partial charge in [-0.25, -0.2) is 4.79 Å². The van der Waals surface area contributed by atoms with Gasteiger partial charge in [0.2, 0.25) is 0 Å². The van der Waals surface area contributed by atoms with E-state index in [9.17, 15) is 9.59 Å². The van der Waals surface area contributed by atoms with Gasteiger partial charge in [0.1, 0.15) is 6.54 Å². The minimum Gasteiger partial charge on any atom is -0.480 e. The predicted molar refractivity (Wildman–Crippen MR) is 73.6 cm³/mol. The summed E-state index contributed by atoms with van der Waals surface area (Å²) in [5.74, 6) is -0.963. The molecule has 114 valence electrons. The van der Waals surface area contributed by atoms with E-state index in [2.05, 4.69) is 0 Å². The van der Waals surface area contributed by atoms with Crippen LogP contribution in [0.15, 0.2) is 0 Å². The van der Waals surface area contributed by atoms with Gasteiger partial charge in [-0.05, 0) is 32.6 Å². The highest BCUT2D eigenvalue weighted by Crippen LogP contribution is 2.30. The van der Waals surface area contributed by atoms with Gasteiger partial charge in [0.25, 0.3) is 0 Å². The van der Waals surface area contributed by atoms with E-state index in [0.717, 1.165) is 25.7 Å². The molecule has 0 aromatic heterocycles. The first kappa shape index (κ1) is 15.1. The van der Waals surface area contributed by atoms with Crippen LogP contribution in [0.1, 0.15) is 39.5 Å². The van der Waals surface area contributed by atoms with Crippen LogP contribution in [0.3, 0.4) is 0 Å². The topological polar surface area (TPSA) is 70.1 Å². The third kappa shape index (κ3) is 3.06. The average molecular weight is 284 g/mol. The molecule has 2 aliphatic rings. The molecule has 0 aromatic rings. The lowest BCUT2D eigenvalue weighted by Crippen LogP contribution is -2.57. The van der Waals surface area contributed by atoms with Crippen molar-refractivity contribution in [3.8, 4) is 0 Å². The summed E-state index contributed by atoms with van der Waals surface area (Å²) in [5, 5.41) is 9.03. The molecule has 1 N–H and O–H groups in total. The first-order chi connectivity index (χ1) is 9.54. The number of aliphatic carboxylic acids is 1. The molecule has 2 amide bonds. The van der Waals surface area contributed by atoms with Crippen molar-refractivity contribution < 1.29 is 19.4 Å². The number of carboxylic acids is 1. The van der Waals surface area contributed by atoms with Crippen LogP contribution in [-0.4, -0.2) is 64.8 Å². The smallest absolute Gasteiger partial charge is 0.323 e. The Hall–Kier alpha value is -1.30. The number of morpholine rings is 1. The summed E-state index contributed by atoms with van der Waals surface area (Å²) < 4.78 is 5.70. The monoisotopic (exact) mass is 284 g/mol. The van der Waals surface area contributed by atoms with Crippen molar-refractivity contribution >= 4 is 12.0 Å². The number of carboxylic acid groups (broad SMARTS) is 1. The molecule has 1 saturated carbocycles. The largest absolute Gasteiger partial charge is 0.480 e. The van der Waals surface area contributed by atoms with E-state index < -0.39 is 5.97 Å². The Morgan fingerprint density at radius 1 is 1.45 bits per heavy atom. The molecule has 6 nitrogen and oxygen atoms in total. The van der Waals surface area contributed by atoms with Crippen LogP contribution in [0.5, 0.6) is 0 Å². The van der Waals surface area contributed by atoms with E-state index in [1.165, 1.54) is 4.90 Å². The summed E-state index contributed by atoms with van der Waals surface area (Å²) in [6, 6.07) is -0.0974. The summed E-state index contributed by atoms with van der Waals surface area (Å²) in [5.41, 5.74) is 0. The van der Waals surface area contributed by atoms with E-state index in [4.69, 9.17) is 9.84 Å². The van der Waals surface area contributed by atoms with Gasteiger partial charge in [0, 0.05) is 12.6 Å². The second-order valence-corrected chi connectivity index (χ2v) is 5.66. The Morgan fingerprint density at radius 3 is 2.85 bits per heavy atom. The van der Waals surface area contributed by atoms with Crippen molar-refractivity contribution in [2.75, 3.05) is 19.7 Å². The number of urea groups is 1. The summed E-state index contributed by atoms with van der Waals surface area (Å²) in [6.07, 6.45) is 3.91. The molecule has 2 rings (SSSR count). The molecule has 0 radical (unpaired) electrons. The van der Waals surface area contributed by atoms with Crippen molar-refractivity contribution in [3.63, 3.8) is 0 Å². The summed E-state index contributed by atoms with van der Waals surface area (Å²) in [6.45, 7) is 4.74. The maximum Gasteiger partial charge on any atom is 0.323 e. The molecule has 0 bridgehead atoms. The first-order valence-electron chi connectivity index (χ1n) is 7.45. The number of carbonyl (C=O) groups is 2. The number of carbonyl (C=O) groups excluding carboxylic acids is 1. The fourth-order valence-electron chi connectivity index (χ4n) is 3.11. The van der Waals surface area contributed by atoms with Crippen LogP contribution < -0.4 is 0 Å². The second kappa shape index (κ2) is 6.43. The molecule has 2 fully saturated rings. The third-order valence-electron chi connectivity index (χ3n) is 4.40. The average Bonchev–Trinajstić information content (AvgIpc) is 2.91. The van der Waals surface area contributed by atoms with Crippen molar-refractivity contribution in [3.05, 3.63) is 0 Å². The fourth-order valence-corrected chi connectivity index (χ4v) is 3.11. The van der Waals surface area contributed by atoms with Crippen LogP contribution in [0.2, 0.25) is 0 Å². The second-order valence-electron chi connectivity index (χ2n) is 5.66. The normalized spacial score (nSPS) is 27.0. The molecule has 0 aromatic carbocycles. The van der Waals surface area contributed by atoms with E-state index in [0.29, 0.717) is 13.2 Å². The van der Waals surface area contributed by atoms with E-state index in [-0.39, 0.29) is 30.8 Å². The van der Waals surface area contributed by atoms with E-state index in [1.807, 2.05) is 18.7 Å². The Kier molecular flexibility index (Phi) is 4.86. The number of hydrogen-bond donors (Lipinski definition) is 1. The maximum absolute atomic E-state index is 12.7. The molecular formula is C14H24N2O4. The first-order valence-corrected chi connectivity index (χ1v) is 7.45. The van der Waals surface area contributed by atoms with Crippen molar-refractivity contribution in [2.24, 2.45) is 0 Å². The van der Waals surface area contributed by atoms with Gasteiger partial charge in [-0.2, -0.15) is 0 Å². The molecule has 20 heavy (non-hydrogen) atoms. The van der Waals surface area contributed by atoms with Crippen molar-refractivity contribution in [1.82, 2.24) is 9.80 Å². The van der Waals surface area contributed by atoms with Gasteiger partial charge in [-0.15, -0.1) is 0 Å². The van der Waals surface area contributed by atoms with Gasteiger partial charge in [0.05, 0.1) is 18.8 Å². The van der Waals surface area contributed by atoms with Gasteiger partial charge in [-0.1, -0.05) is 6.92 Å². The molecule has 1 heterocycles. The summed E-state index contributed by atoms with van der Waals surface area (Å²) >= 11 is 0. The van der Waals surface area contributed by atoms with Gasteiger partial charge >= 0.3 is 12.0 Å². The Balaban J connectivity index is 2.11. The summed E-state index contributed by atoms with van der Waals surface area (Å²) in [7, 11) is 0. The lowest BCUT2D eigenvalue weighted by Gasteiger charge is -2.41. The quantitative estimate of drug-likeness (QED) is 0.850. The SMILES string of the molecule is CCC(C)N(CC(=O)O)C(=O)N1CCOC2CCCC21. The van der Waals surface area contributed by atoms with Crippen LogP contribution in [0.4, 0.5) is 4.79 Å². The zero-order valence-corrected chi connectivity index (χ0v) is 12.2. The van der Waals surface area contributed by atoms with E-state index in [1.54, 1.807) is 0 Å². The Morgan fingerprint density at radius 2 is 2.20 bits per heavy atom. The Labute approximate surface area is 119 Å².